The molecule has 0 bridgehead atoms. The van der Waals surface area contributed by atoms with Crippen molar-refractivity contribution < 1.29 is 19.4 Å². The highest BCUT2D eigenvalue weighted by atomic mass is 16.5. The molecule has 0 saturated heterocycles. The summed E-state index contributed by atoms with van der Waals surface area (Å²) in [4.78, 5) is 25.2. The molecule has 1 N–H and O–H groups in total. The van der Waals surface area contributed by atoms with Crippen LogP contribution in [0.1, 0.15) is 73.1 Å². The molecular formula is C22H34O4. The molecule has 3 rings (SSSR count). The highest BCUT2D eigenvalue weighted by Crippen LogP contribution is 2.63. The van der Waals surface area contributed by atoms with Gasteiger partial charge in [0.25, 0.3) is 0 Å². The zero-order valence-corrected chi connectivity index (χ0v) is 16.9. The number of rotatable bonds is 4. The molecule has 0 aromatic heterocycles. The second-order valence-electron chi connectivity index (χ2n) is 9.50. The maximum Gasteiger partial charge on any atom is 0.309 e. The van der Waals surface area contributed by atoms with Crippen LogP contribution in [0.3, 0.4) is 0 Å². The molecule has 2 fully saturated rings. The third-order valence-corrected chi connectivity index (χ3v) is 7.96. The molecule has 146 valence electrons. The SMILES string of the molecule is CCO[C@]1(C(C)C)C=C2C(=O)C[C@@H]3[C@](C)(CCC[C@@]3(C)C(=O)O)[C@H]2CC1. The molecule has 0 aromatic rings. The summed E-state index contributed by atoms with van der Waals surface area (Å²) in [5.41, 5.74) is -0.336. The second-order valence-corrected chi connectivity index (χ2v) is 9.50. The molecule has 2 saturated carbocycles. The Labute approximate surface area is 157 Å². The van der Waals surface area contributed by atoms with Crippen LogP contribution < -0.4 is 0 Å². The minimum atomic E-state index is -0.791. The quantitative estimate of drug-likeness (QED) is 0.792. The number of carbonyl (C=O) groups is 2. The van der Waals surface area contributed by atoms with Crippen LogP contribution in [0.5, 0.6) is 0 Å². The van der Waals surface area contributed by atoms with E-state index in [-0.39, 0.29) is 28.6 Å². The smallest absolute Gasteiger partial charge is 0.309 e. The van der Waals surface area contributed by atoms with E-state index in [9.17, 15) is 14.7 Å². The standard InChI is InChI=1S/C22H34O4/c1-6-26-22(14(2)3)11-8-16-15(13-22)17(23)12-18-20(16,4)9-7-10-21(18,5)19(24)25/h13-14,16,18H,6-12H2,1-5H3,(H,24,25)/t16-,18+,20+,21+,22-/m0/s1. The van der Waals surface area contributed by atoms with E-state index >= 15 is 0 Å². The lowest BCUT2D eigenvalue weighted by Crippen LogP contribution is -2.57. The number of allylic oxidation sites excluding steroid dienone is 1. The number of hydrogen-bond donors (Lipinski definition) is 1. The van der Waals surface area contributed by atoms with Crippen LogP contribution in [0.4, 0.5) is 0 Å². The van der Waals surface area contributed by atoms with Gasteiger partial charge < -0.3 is 9.84 Å². The van der Waals surface area contributed by atoms with Gasteiger partial charge in [-0.25, -0.2) is 0 Å². The van der Waals surface area contributed by atoms with E-state index in [1.807, 2.05) is 13.8 Å². The number of carboxylic acid groups (broad SMARTS) is 1. The van der Waals surface area contributed by atoms with Crippen LogP contribution in [-0.2, 0) is 14.3 Å². The van der Waals surface area contributed by atoms with Crippen molar-refractivity contribution in [2.75, 3.05) is 6.61 Å². The third-order valence-electron chi connectivity index (χ3n) is 7.96. The van der Waals surface area contributed by atoms with Gasteiger partial charge in [0.1, 0.15) is 0 Å². The van der Waals surface area contributed by atoms with Gasteiger partial charge in [-0.15, -0.1) is 0 Å². The van der Waals surface area contributed by atoms with Gasteiger partial charge in [0, 0.05) is 13.0 Å². The fraction of sp³-hybridized carbons (Fsp3) is 0.818. The topological polar surface area (TPSA) is 63.6 Å². The average molecular weight is 363 g/mol. The Balaban J connectivity index is 2.05. The molecule has 0 heterocycles. The number of hydrogen-bond acceptors (Lipinski definition) is 3. The van der Waals surface area contributed by atoms with E-state index in [0.29, 0.717) is 25.4 Å². The molecule has 0 aromatic carbocycles. The third kappa shape index (κ3) is 2.67. The van der Waals surface area contributed by atoms with E-state index in [0.717, 1.165) is 31.3 Å². The van der Waals surface area contributed by atoms with Crippen LogP contribution in [-0.4, -0.2) is 29.1 Å². The Morgan fingerprint density at radius 3 is 2.58 bits per heavy atom. The molecule has 5 atom stereocenters. The Hall–Kier alpha value is -1.16. The van der Waals surface area contributed by atoms with Crippen molar-refractivity contribution in [3.05, 3.63) is 11.6 Å². The predicted octanol–water partition coefficient (Wildman–Crippen LogP) is 4.62. The van der Waals surface area contributed by atoms with E-state index in [1.54, 1.807) is 0 Å². The lowest BCUT2D eigenvalue weighted by molar-refractivity contribution is -0.166. The average Bonchev–Trinajstić information content (AvgIpc) is 2.57. The number of ketones is 1. The van der Waals surface area contributed by atoms with Gasteiger partial charge in [-0.1, -0.05) is 27.2 Å². The number of carboxylic acids is 1. The van der Waals surface area contributed by atoms with E-state index in [4.69, 9.17) is 4.74 Å². The van der Waals surface area contributed by atoms with Crippen molar-refractivity contribution in [3.8, 4) is 0 Å². The molecule has 0 aliphatic heterocycles. The highest BCUT2D eigenvalue weighted by molar-refractivity contribution is 5.98. The number of ether oxygens (including phenoxy) is 1. The van der Waals surface area contributed by atoms with Gasteiger partial charge in [-0.3, -0.25) is 9.59 Å². The summed E-state index contributed by atoms with van der Waals surface area (Å²) in [6.07, 6.45) is 6.93. The summed E-state index contributed by atoms with van der Waals surface area (Å²) < 4.78 is 6.15. The van der Waals surface area contributed by atoms with Crippen LogP contribution in [0, 0.1) is 28.6 Å². The minimum absolute atomic E-state index is 0.0745. The van der Waals surface area contributed by atoms with Gasteiger partial charge >= 0.3 is 5.97 Å². The first-order valence-corrected chi connectivity index (χ1v) is 10.2. The molecule has 3 aliphatic carbocycles. The molecule has 0 radical (unpaired) electrons. The van der Waals surface area contributed by atoms with Crippen LogP contribution in [0.2, 0.25) is 0 Å². The molecule has 4 nitrogen and oxygen atoms in total. The maximum atomic E-state index is 13.1. The van der Waals surface area contributed by atoms with E-state index in [2.05, 4.69) is 26.8 Å². The second kappa shape index (κ2) is 6.47. The summed E-state index contributed by atoms with van der Waals surface area (Å²) >= 11 is 0. The fourth-order valence-electron chi connectivity index (χ4n) is 6.27. The number of aliphatic carboxylic acids is 1. The van der Waals surface area contributed by atoms with Crippen molar-refractivity contribution in [2.24, 2.45) is 28.6 Å². The lowest BCUT2D eigenvalue weighted by Gasteiger charge is -2.58. The van der Waals surface area contributed by atoms with Crippen LogP contribution in [0.15, 0.2) is 11.6 Å². The molecule has 0 spiro atoms. The summed E-state index contributed by atoms with van der Waals surface area (Å²) in [5.74, 6) is -0.189. The van der Waals surface area contributed by atoms with Crippen LogP contribution in [0.25, 0.3) is 0 Å². The zero-order valence-electron chi connectivity index (χ0n) is 16.9. The van der Waals surface area contributed by atoms with Crippen molar-refractivity contribution >= 4 is 11.8 Å². The predicted molar refractivity (Wildman–Crippen MR) is 101 cm³/mol. The summed E-state index contributed by atoms with van der Waals surface area (Å²) in [6.45, 7) is 11.1. The van der Waals surface area contributed by atoms with Crippen molar-refractivity contribution in [2.45, 2.75) is 78.7 Å². The molecule has 0 unspecified atom stereocenters. The minimum Gasteiger partial charge on any atom is -0.481 e. The van der Waals surface area contributed by atoms with Gasteiger partial charge in [0.2, 0.25) is 0 Å². The summed E-state index contributed by atoms with van der Waals surface area (Å²) in [7, 11) is 0. The Morgan fingerprint density at radius 2 is 2.00 bits per heavy atom. The Kier molecular flexibility index (Phi) is 4.88. The molecule has 3 aliphatic rings. The van der Waals surface area contributed by atoms with Gasteiger partial charge in [-0.05, 0) is 74.3 Å². The highest BCUT2D eigenvalue weighted by Gasteiger charge is 2.61. The van der Waals surface area contributed by atoms with E-state index in [1.165, 1.54) is 0 Å². The van der Waals surface area contributed by atoms with E-state index < -0.39 is 11.4 Å². The molecule has 26 heavy (non-hydrogen) atoms. The first-order valence-electron chi connectivity index (χ1n) is 10.2. The normalized spacial score (nSPS) is 42.8. The zero-order chi connectivity index (χ0) is 19.3. The number of fused-ring (bicyclic) bond motifs is 3. The monoisotopic (exact) mass is 362 g/mol. The Bertz CT molecular complexity index is 636. The first-order chi connectivity index (χ1) is 12.1. The Morgan fingerprint density at radius 1 is 1.31 bits per heavy atom. The maximum absolute atomic E-state index is 13.1. The molecule has 4 heteroatoms. The van der Waals surface area contributed by atoms with Crippen molar-refractivity contribution in [1.29, 1.82) is 0 Å². The molecule has 0 amide bonds. The molecular weight excluding hydrogens is 328 g/mol. The van der Waals surface area contributed by atoms with Crippen molar-refractivity contribution in [1.82, 2.24) is 0 Å². The van der Waals surface area contributed by atoms with Gasteiger partial charge in [0.05, 0.1) is 11.0 Å². The fourth-order valence-corrected chi connectivity index (χ4v) is 6.27. The summed E-state index contributed by atoms with van der Waals surface area (Å²) in [5, 5.41) is 9.91. The van der Waals surface area contributed by atoms with Gasteiger partial charge in [0.15, 0.2) is 5.78 Å². The van der Waals surface area contributed by atoms with Gasteiger partial charge in [-0.2, -0.15) is 0 Å². The first kappa shape index (κ1) is 19.6. The number of carbonyl (C=O) groups excluding carboxylic acids is 1. The largest absolute Gasteiger partial charge is 0.481 e. The lowest BCUT2D eigenvalue weighted by atomic mass is 9.45. The summed E-state index contributed by atoms with van der Waals surface area (Å²) in [6, 6.07) is 0. The number of Topliss-reactive ketones (excluding diaryl/α,β-unsaturated/α-hetero) is 1. The van der Waals surface area contributed by atoms with Crippen molar-refractivity contribution in [3.63, 3.8) is 0 Å². The van der Waals surface area contributed by atoms with Crippen LogP contribution >= 0.6 is 0 Å².